The van der Waals surface area contributed by atoms with E-state index in [-0.39, 0.29) is 18.4 Å². The molecule has 0 N–H and O–H groups in total. The van der Waals surface area contributed by atoms with Crippen molar-refractivity contribution in [2.45, 2.75) is 18.9 Å². The van der Waals surface area contributed by atoms with Gasteiger partial charge in [0.05, 0.1) is 30.1 Å². The number of nitrogens with zero attached hydrogens (tertiary/aromatic N) is 3. The molecular weight excluding hydrogens is 230 g/mol. The van der Waals surface area contributed by atoms with E-state index in [4.69, 9.17) is 10.00 Å². The number of nitriles is 1. The minimum absolute atomic E-state index is 0.193. The van der Waals surface area contributed by atoms with Crippen molar-refractivity contribution in [1.29, 1.82) is 5.26 Å². The van der Waals surface area contributed by atoms with Gasteiger partial charge in [-0.1, -0.05) is 12.1 Å². The molecule has 1 aliphatic rings. The number of carbonyl (C=O) groups excluding carboxylic acids is 1. The summed E-state index contributed by atoms with van der Waals surface area (Å²) in [5, 5.41) is 8.86. The summed E-state index contributed by atoms with van der Waals surface area (Å²) < 4.78 is 6.84. The Labute approximate surface area is 104 Å². The van der Waals surface area contributed by atoms with Gasteiger partial charge in [0.2, 0.25) is 0 Å². The third kappa shape index (κ3) is 1.54. The van der Waals surface area contributed by atoms with E-state index < -0.39 is 0 Å². The van der Waals surface area contributed by atoms with Crippen LogP contribution in [0.5, 0.6) is 0 Å². The molecule has 0 bridgehead atoms. The van der Waals surface area contributed by atoms with E-state index in [1.807, 2.05) is 28.8 Å². The molecule has 5 nitrogen and oxygen atoms in total. The van der Waals surface area contributed by atoms with Crippen LogP contribution < -0.4 is 0 Å². The average molecular weight is 241 g/mol. The topological polar surface area (TPSA) is 67.9 Å². The van der Waals surface area contributed by atoms with Crippen molar-refractivity contribution in [1.82, 2.24) is 9.55 Å². The maximum absolute atomic E-state index is 11.7. The Bertz CT molecular complexity index is 654. The Hall–Kier alpha value is -2.35. The number of ether oxygens (including phenoxy) is 1. The second-order valence-corrected chi connectivity index (χ2v) is 4.19. The van der Waals surface area contributed by atoms with Gasteiger partial charge in [0.25, 0.3) is 0 Å². The number of benzene rings is 1. The monoisotopic (exact) mass is 241 g/mol. The fraction of sp³-hybridized carbons (Fsp3) is 0.308. The van der Waals surface area contributed by atoms with E-state index in [0.717, 1.165) is 11.0 Å². The minimum Gasteiger partial charge on any atom is -0.464 e. The lowest BCUT2D eigenvalue weighted by atomic mass is 10.2. The number of cyclic esters (lactones) is 1. The van der Waals surface area contributed by atoms with Crippen molar-refractivity contribution in [3.05, 3.63) is 30.1 Å². The van der Waals surface area contributed by atoms with E-state index in [2.05, 4.69) is 11.1 Å². The molecule has 1 unspecified atom stereocenters. The van der Waals surface area contributed by atoms with Crippen LogP contribution in [0, 0.1) is 11.3 Å². The highest BCUT2D eigenvalue weighted by atomic mass is 16.5. The Morgan fingerprint density at radius 3 is 3.06 bits per heavy atom. The smallest absolute Gasteiger partial charge is 0.329 e. The number of imidazole rings is 1. The third-order valence-electron chi connectivity index (χ3n) is 3.13. The average Bonchev–Trinajstić information content (AvgIpc) is 2.93. The Kier molecular flexibility index (Phi) is 2.49. The minimum atomic E-state index is -0.347. The van der Waals surface area contributed by atoms with Crippen molar-refractivity contribution in [3.8, 4) is 6.07 Å². The number of fused-ring (bicyclic) bond motifs is 1. The van der Waals surface area contributed by atoms with Crippen LogP contribution in [0.2, 0.25) is 0 Å². The van der Waals surface area contributed by atoms with Crippen molar-refractivity contribution in [2.75, 3.05) is 6.61 Å². The summed E-state index contributed by atoms with van der Waals surface area (Å²) in [5.74, 6) is 0.389. The number of rotatable bonds is 2. The van der Waals surface area contributed by atoms with Crippen LogP contribution in [0.25, 0.3) is 11.0 Å². The molecule has 18 heavy (non-hydrogen) atoms. The summed E-state index contributed by atoms with van der Waals surface area (Å²) in [4.78, 5) is 16.1. The molecule has 3 rings (SSSR count). The number of aromatic nitrogens is 2. The molecule has 1 atom stereocenters. The lowest BCUT2D eigenvalue weighted by Crippen LogP contribution is -2.16. The SMILES string of the molecule is N#CCc1nc2ccccc2n1C1CCOC1=O. The van der Waals surface area contributed by atoms with Gasteiger partial charge >= 0.3 is 5.97 Å². The first-order valence-electron chi connectivity index (χ1n) is 5.80. The van der Waals surface area contributed by atoms with E-state index >= 15 is 0 Å². The normalized spacial score (nSPS) is 18.8. The van der Waals surface area contributed by atoms with Crippen LogP contribution in [0.15, 0.2) is 24.3 Å². The van der Waals surface area contributed by atoms with Crippen molar-refractivity contribution < 1.29 is 9.53 Å². The van der Waals surface area contributed by atoms with Gasteiger partial charge in [-0.2, -0.15) is 5.26 Å². The summed E-state index contributed by atoms with van der Waals surface area (Å²) in [6.45, 7) is 0.433. The molecule has 1 saturated heterocycles. The maximum Gasteiger partial charge on any atom is 0.329 e. The van der Waals surface area contributed by atoms with Crippen LogP contribution >= 0.6 is 0 Å². The maximum atomic E-state index is 11.7. The molecule has 5 heteroatoms. The summed E-state index contributed by atoms with van der Waals surface area (Å²) in [5.41, 5.74) is 1.69. The Morgan fingerprint density at radius 1 is 1.50 bits per heavy atom. The van der Waals surface area contributed by atoms with Crippen LogP contribution in [0.1, 0.15) is 18.3 Å². The molecule has 0 radical (unpaired) electrons. The van der Waals surface area contributed by atoms with Crippen molar-refractivity contribution in [3.63, 3.8) is 0 Å². The van der Waals surface area contributed by atoms with E-state index in [9.17, 15) is 4.79 Å². The van der Waals surface area contributed by atoms with Gasteiger partial charge < -0.3 is 9.30 Å². The van der Waals surface area contributed by atoms with E-state index in [1.54, 1.807) is 0 Å². The molecule has 2 aromatic rings. The van der Waals surface area contributed by atoms with Gasteiger partial charge in [-0.25, -0.2) is 9.78 Å². The lowest BCUT2D eigenvalue weighted by molar-refractivity contribution is -0.140. The quantitative estimate of drug-likeness (QED) is 0.749. The fourth-order valence-electron chi connectivity index (χ4n) is 2.36. The fourth-order valence-corrected chi connectivity index (χ4v) is 2.36. The summed E-state index contributed by atoms with van der Waals surface area (Å²) >= 11 is 0. The third-order valence-corrected chi connectivity index (χ3v) is 3.13. The molecule has 1 aliphatic heterocycles. The highest BCUT2D eigenvalue weighted by Crippen LogP contribution is 2.27. The van der Waals surface area contributed by atoms with Crippen molar-refractivity contribution in [2.24, 2.45) is 0 Å². The predicted molar refractivity (Wildman–Crippen MR) is 63.7 cm³/mol. The van der Waals surface area contributed by atoms with E-state index in [1.165, 1.54) is 0 Å². The first kappa shape index (κ1) is 10.8. The molecule has 2 heterocycles. The van der Waals surface area contributed by atoms with Crippen LogP contribution in [0.3, 0.4) is 0 Å². The van der Waals surface area contributed by atoms with Crippen molar-refractivity contribution >= 4 is 17.0 Å². The number of hydrogen-bond acceptors (Lipinski definition) is 4. The number of carbonyl (C=O) groups is 1. The Morgan fingerprint density at radius 2 is 2.33 bits per heavy atom. The predicted octanol–water partition coefficient (Wildman–Crippen LogP) is 1.59. The molecule has 1 fully saturated rings. The zero-order valence-corrected chi connectivity index (χ0v) is 9.67. The van der Waals surface area contributed by atoms with Gasteiger partial charge in [-0.3, -0.25) is 0 Å². The van der Waals surface area contributed by atoms with Gasteiger partial charge in [0.1, 0.15) is 11.9 Å². The molecule has 90 valence electrons. The standard InChI is InChI=1S/C13H11N3O2/c14-7-5-12-15-9-3-1-2-4-10(9)16(12)11-6-8-18-13(11)17/h1-4,11H,5-6,8H2. The molecule has 0 amide bonds. The molecule has 0 spiro atoms. The number of hydrogen-bond donors (Lipinski definition) is 0. The van der Waals surface area contributed by atoms with Crippen LogP contribution in [-0.4, -0.2) is 22.1 Å². The highest BCUT2D eigenvalue weighted by Gasteiger charge is 2.31. The molecule has 1 aromatic heterocycles. The summed E-state index contributed by atoms with van der Waals surface area (Å²) in [7, 11) is 0. The largest absolute Gasteiger partial charge is 0.464 e. The molecule has 1 aromatic carbocycles. The molecular formula is C13H11N3O2. The second kappa shape index (κ2) is 4.15. The van der Waals surface area contributed by atoms with Gasteiger partial charge in [-0.15, -0.1) is 0 Å². The number of para-hydroxylation sites is 2. The summed E-state index contributed by atoms with van der Waals surface area (Å²) in [6, 6.07) is 9.33. The molecule has 0 aliphatic carbocycles. The van der Waals surface area contributed by atoms with Crippen LogP contribution in [-0.2, 0) is 16.0 Å². The zero-order valence-electron chi connectivity index (χ0n) is 9.67. The van der Waals surface area contributed by atoms with Gasteiger partial charge in [0, 0.05) is 6.42 Å². The first-order valence-corrected chi connectivity index (χ1v) is 5.80. The Balaban J connectivity index is 2.21. The zero-order chi connectivity index (χ0) is 12.5. The van der Waals surface area contributed by atoms with Crippen LogP contribution in [0.4, 0.5) is 0 Å². The lowest BCUT2D eigenvalue weighted by Gasteiger charge is -2.11. The van der Waals surface area contributed by atoms with E-state index in [0.29, 0.717) is 18.9 Å². The highest BCUT2D eigenvalue weighted by molar-refractivity contribution is 5.82. The number of esters is 1. The second-order valence-electron chi connectivity index (χ2n) is 4.19. The summed E-state index contributed by atoms with van der Waals surface area (Å²) in [6.07, 6.45) is 0.829. The molecule has 0 saturated carbocycles. The first-order chi connectivity index (χ1) is 8.81. The van der Waals surface area contributed by atoms with Gasteiger partial charge in [-0.05, 0) is 12.1 Å². The van der Waals surface area contributed by atoms with Gasteiger partial charge in [0.15, 0.2) is 0 Å².